The third-order valence-corrected chi connectivity index (χ3v) is 4.17. The Labute approximate surface area is 116 Å². The molecule has 0 spiro atoms. The van der Waals surface area contributed by atoms with Crippen LogP contribution in [0.5, 0.6) is 5.75 Å². The summed E-state index contributed by atoms with van der Waals surface area (Å²) in [6.07, 6.45) is 0.129. The first-order valence-electron chi connectivity index (χ1n) is 5.40. The highest BCUT2D eigenvalue weighted by Gasteiger charge is 2.26. The first-order valence-corrected chi connectivity index (χ1v) is 7.26. The lowest BCUT2D eigenvalue weighted by atomic mass is 10.2. The van der Waals surface area contributed by atoms with Crippen LogP contribution in [0.15, 0.2) is 23.1 Å². The molecule has 0 unspecified atom stereocenters. The summed E-state index contributed by atoms with van der Waals surface area (Å²) in [5.41, 5.74) is 0. The van der Waals surface area contributed by atoms with Gasteiger partial charge in [-0.15, -0.1) is 0 Å². The van der Waals surface area contributed by atoms with Gasteiger partial charge >= 0.3 is 5.97 Å². The van der Waals surface area contributed by atoms with Gasteiger partial charge < -0.3 is 9.84 Å². The number of carboxylic acids is 1. The molecule has 0 radical (unpaired) electrons. The molecule has 0 amide bonds. The first kappa shape index (κ1) is 15.7. The third kappa shape index (κ3) is 3.82. The molecule has 0 aliphatic heterocycles. The van der Waals surface area contributed by atoms with E-state index in [0.29, 0.717) is 5.02 Å². The second kappa shape index (κ2) is 6.23. The average molecular weight is 308 g/mol. The Morgan fingerprint density at radius 3 is 2.63 bits per heavy atom. The van der Waals surface area contributed by atoms with Gasteiger partial charge in [-0.1, -0.05) is 18.5 Å². The molecule has 19 heavy (non-hydrogen) atoms. The third-order valence-electron chi connectivity index (χ3n) is 2.42. The maximum absolute atomic E-state index is 12.1. The van der Waals surface area contributed by atoms with Gasteiger partial charge in [0.05, 0.1) is 7.11 Å². The van der Waals surface area contributed by atoms with Crippen molar-refractivity contribution < 1.29 is 23.1 Å². The molecule has 1 aromatic carbocycles. The Morgan fingerprint density at radius 2 is 2.16 bits per heavy atom. The molecule has 0 saturated carbocycles. The highest BCUT2D eigenvalue weighted by Crippen LogP contribution is 2.27. The van der Waals surface area contributed by atoms with Crippen molar-refractivity contribution in [1.29, 1.82) is 0 Å². The summed E-state index contributed by atoms with van der Waals surface area (Å²) in [6.45, 7) is 1.57. The molecule has 0 aromatic heterocycles. The molecule has 0 bridgehead atoms. The minimum absolute atomic E-state index is 0.0558. The highest BCUT2D eigenvalue weighted by molar-refractivity contribution is 7.89. The number of hydrogen-bond donors (Lipinski definition) is 2. The number of sulfonamides is 1. The van der Waals surface area contributed by atoms with Gasteiger partial charge in [0.1, 0.15) is 16.7 Å². The van der Waals surface area contributed by atoms with Crippen LogP contribution in [0.3, 0.4) is 0 Å². The van der Waals surface area contributed by atoms with Crippen molar-refractivity contribution in [3.05, 3.63) is 23.2 Å². The van der Waals surface area contributed by atoms with E-state index in [2.05, 4.69) is 4.72 Å². The van der Waals surface area contributed by atoms with Gasteiger partial charge in [0.15, 0.2) is 0 Å². The molecule has 0 heterocycles. The van der Waals surface area contributed by atoms with Crippen LogP contribution in [0.4, 0.5) is 0 Å². The zero-order valence-corrected chi connectivity index (χ0v) is 12.0. The minimum atomic E-state index is -3.99. The Balaban J connectivity index is 3.17. The standard InChI is InChI=1S/C11H14ClNO5S/c1-3-8(11(14)15)13-19(16,17)10-5-4-7(12)6-9(10)18-2/h4-6,8,13H,3H2,1-2H3,(H,14,15)/t8-/m1/s1. The summed E-state index contributed by atoms with van der Waals surface area (Å²) in [7, 11) is -2.69. The first-order chi connectivity index (χ1) is 8.81. The number of nitrogens with one attached hydrogen (secondary N) is 1. The molecule has 0 saturated heterocycles. The molecule has 2 N–H and O–H groups in total. The van der Waals surface area contributed by atoms with E-state index in [1.165, 1.54) is 25.3 Å². The van der Waals surface area contributed by atoms with Gasteiger partial charge in [0.25, 0.3) is 0 Å². The number of halogens is 1. The normalized spacial score (nSPS) is 13.0. The van der Waals surface area contributed by atoms with Gasteiger partial charge in [0, 0.05) is 11.1 Å². The molecule has 8 heteroatoms. The molecular weight excluding hydrogens is 294 g/mol. The number of benzene rings is 1. The van der Waals surface area contributed by atoms with Gasteiger partial charge in [-0.25, -0.2) is 8.42 Å². The Kier molecular flexibility index (Phi) is 5.16. The van der Waals surface area contributed by atoms with Crippen LogP contribution in [0.2, 0.25) is 5.02 Å². The second-order valence-corrected chi connectivity index (χ2v) is 5.83. The lowest BCUT2D eigenvalue weighted by molar-refractivity contribution is -0.139. The number of rotatable bonds is 6. The average Bonchev–Trinajstić information content (AvgIpc) is 2.35. The summed E-state index contributed by atoms with van der Waals surface area (Å²) < 4.78 is 31.2. The van der Waals surface area contributed by atoms with Crippen molar-refractivity contribution in [2.45, 2.75) is 24.3 Å². The Hall–Kier alpha value is -1.31. The summed E-state index contributed by atoms with van der Waals surface area (Å²) in [5, 5.41) is 9.20. The molecule has 0 aliphatic carbocycles. The van der Waals surface area contributed by atoms with Crippen LogP contribution in [-0.2, 0) is 14.8 Å². The summed E-state index contributed by atoms with van der Waals surface area (Å²) >= 11 is 5.74. The summed E-state index contributed by atoms with van der Waals surface area (Å²) in [5.74, 6) is -1.18. The number of hydrogen-bond acceptors (Lipinski definition) is 4. The molecule has 1 rings (SSSR count). The minimum Gasteiger partial charge on any atom is -0.495 e. The van der Waals surface area contributed by atoms with E-state index in [1.54, 1.807) is 6.92 Å². The Bertz CT molecular complexity index is 572. The molecular formula is C11H14ClNO5S. The molecule has 0 fully saturated rings. The molecule has 1 aromatic rings. The maximum atomic E-state index is 12.1. The van der Waals surface area contributed by atoms with Gasteiger partial charge in [-0.05, 0) is 18.6 Å². The predicted octanol–water partition coefficient (Wildman–Crippen LogP) is 1.49. The molecule has 106 valence electrons. The van der Waals surface area contributed by atoms with Crippen LogP contribution in [0.25, 0.3) is 0 Å². The van der Waals surface area contributed by atoms with Crippen LogP contribution >= 0.6 is 11.6 Å². The number of ether oxygens (including phenoxy) is 1. The van der Waals surface area contributed by atoms with E-state index < -0.39 is 22.0 Å². The second-order valence-electron chi connectivity index (χ2n) is 3.72. The number of carboxylic acid groups (broad SMARTS) is 1. The lowest BCUT2D eigenvalue weighted by Crippen LogP contribution is -2.40. The lowest BCUT2D eigenvalue weighted by Gasteiger charge is -2.14. The van der Waals surface area contributed by atoms with Crippen molar-refractivity contribution in [3.8, 4) is 5.75 Å². The van der Waals surface area contributed by atoms with Crippen molar-refractivity contribution in [1.82, 2.24) is 4.72 Å². The SMILES string of the molecule is CC[C@@H](NS(=O)(=O)c1ccc(Cl)cc1OC)C(=O)O. The van der Waals surface area contributed by atoms with Crippen LogP contribution < -0.4 is 9.46 Å². The van der Waals surface area contributed by atoms with Crippen LogP contribution in [-0.4, -0.2) is 32.6 Å². The Morgan fingerprint density at radius 1 is 1.53 bits per heavy atom. The van der Waals surface area contributed by atoms with Crippen molar-refractivity contribution >= 4 is 27.6 Å². The van der Waals surface area contributed by atoms with Gasteiger partial charge in [0.2, 0.25) is 10.0 Å². The van der Waals surface area contributed by atoms with Crippen LogP contribution in [0.1, 0.15) is 13.3 Å². The van der Waals surface area contributed by atoms with Gasteiger partial charge in [-0.2, -0.15) is 4.72 Å². The summed E-state index contributed by atoms with van der Waals surface area (Å²) in [4.78, 5) is 10.7. The fourth-order valence-corrected chi connectivity index (χ4v) is 3.01. The zero-order valence-electron chi connectivity index (χ0n) is 10.4. The zero-order chi connectivity index (χ0) is 14.6. The largest absolute Gasteiger partial charge is 0.495 e. The van der Waals surface area contributed by atoms with Gasteiger partial charge in [-0.3, -0.25) is 4.79 Å². The highest BCUT2D eigenvalue weighted by atomic mass is 35.5. The maximum Gasteiger partial charge on any atom is 0.321 e. The fraction of sp³-hybridized carbons (Fsp3) is 0.364. The van der Waals surface area contributed by atoms with Crippen molar-refractivity contribution in [3.63, 3.8) is 0 Å². The predicted molar refractivity (Wildman–Crippen MR) is 70.0 cm³/mol. The van der Waals surface area contributed by atoms with E-state index in [-0.39, 0.29) is 17.1 Å². The van der Waals surface area contributed by atoms with E-state index in [1.807, 2.05) is 0 Å². The topological polar surface area (TPSA) is 92.7 Å². The number of carbonyl (C=O) groups is 1. The monoisotopic (exact) mass is 307 g/mol. The van der Waals surface area contributed by atoms with Crippen molar-refractivity contribution in [2.75, 3.05) is 7.11 Å². The number of aliphatic carboxylic acids is 1. The fourth-order valence-electron chi connectivity index (χ4n) is 1.42. The summed E-state index contributed by atoms with van der Waals surface area (Å²) in [6, 6.07) is 2.81. The number of methoxy groups -OCH3 is 1. The van der Waals surface area contributed by atoms with E-state index in [9.17, 15) is 13.2 Å². The van der Waals surface area contributed by atoms with E-state index in [4.69, 9.17) is 21.4 Å². The smallest absolute Gasteiger partial charge is 0.321 e. The quantitative estimate of drug-likeness (QED) is 0.830. The van der Waals surface area contributed by atoms with E-state index >= 15 is 0 Å². The van der Waals surface area contributed by atoms with E-state index in [0.717, 1.165) is 0 Å². The van der Waals surface area contributed by atoms with Crippen molar-refractivity contribution in [2.24, 2.45) is 0 Å². The van der Waals surface area contributed by atoms with Crippen LogP contribution in [0, 0.1) is 0 Å². The molecule has 1 atom stereocenters. The molecule has 0 aliphatic rings. The molecule has 6 nitrogen and oxygen atoms in total.